The van der Waals surface area contributed by atoms with E-state index in [2.05, 4.69) is 0 Å². The maximum absolute atomic E-state index is 12.9. The number of benzene rings is 2. The number of halogens is 1. The number of ketones is 1. The Balaban J connectivity index is 1.78. The predicted molar refractivity (Wildman–Crippen MR) is 96.2 cm³/mol. The molecule has 0 radical (unpaired) electrons. The summed E-state index contributed by atoms with van der Waals surface area (Å²) in [5, 5.41) is 0.560. The van der Waals surface area contributed by atoms with E-state index < -0.39 is 6.10 Å². The lowest BCUT2D eigenvalue weighted by atomic mass is 9.86. The Morgan fingerprint density at radius 1 is 1.27 bits per heavy atom. The second kappa shape index (κ2) is 6.82. The van der Waals surface area contributed by atoms with Crippen molar-refractivity contribution >= 4 is 17.4 Å². The SMILES string of the molecule is CCOc1ccc2c(c1)O[C@H](c1cc(Cl)cc3c1OCOC3)[C@@H](C)C2=O. The molecule has 2 aromatic rings. The molecule has 0 fully saturated rings. The van der Waals surface area contributed by atoms with E-state index >= 15 is 0 Å². The zero-order valence-electron chi connectivity index (χ0n) is 14.6. The molecule has 0 amide bonds. The van der Waals surface area contributed by atoms with Crippen molar-refractivity contribution in [2.24, 2.45) is 5.92 Å². The van der Waals surface area contributed by atoms with Gasteiger partial charge in [-0.3, -0.25) is 4.79 Å². The molecule has 0 unspecified atom stereocenters. The highest BCUT2D eigenvalue weighted by Gasteiger charge is 2.38. The van der Waals surface area contributed by atoms with Crippen LogP contribution >= 0.6 is 11.6 Å². The molecule has 2 atom stereocenters. The smallest absolute Gasteiger partial charge is 0.189 e. The number of fused-ring (bicyclic) bond motifs is 2. The van der Waals surface area contributed by atoms with E-state index in [4.69, 9.17) is 30.5 Å². The van der Waals surface area contributed by atoms with Gasteiger partial charge in [-0.05, 0) is 31.2 Å². The summed E-state index contributed by atoms with van der Waals surface area (Å²) in [5.41, 5.74) is 2.19. The number of rotatable bonds is 3. The molecule has 2 aliphatic rings. The van der Waals surface area contributed by atoms with E-state index in [1.807, 2.05) is 19.9 Å². The second-order valence-corrected chi connectivity index (χ2v) is 6.81. The Hall–Kier alpha value is -2.24. The number of hydrogen-bond donors (Lipinski definition) is 0. The molecule has 4 rings (SSSR count). The topological polar surface area (TPSA) is 54.0 Å². The van der Waals surface area contributed by atoms with Crippen molar-refractivity contribution in [3.05, 3.63) is 52.0 Å². The van der Waals surface area contributed by atoms with Gasteiger partial charge in [-0.1, -0.05) is 18.5 Å². The van der Waals surface area contributed by atoms with Crippen LogP contribution in [0.1, 0.15) is 41.4 Å². The molecule has 26 heavy (non-hydrogen) atoms. The molecular weight excluding hydrogens is 356 g/mol. The first-order valence-electron chi connectivity index (χ1n) is 8.59. The molecule has 0 spiro atoms. The quantitative estimate of drug-likeness (QED) is 0.788. The van der Waals surface area contributed by atoms with Gasteiger partial charge in [0.15, 0.2) is 12.6 Å². The zero-order chi connectivity index (χ0) is 18.3. The molecule has 5 nitrogen and oxygen atoms in total. The van der Waals surface area contributed by atoms with Crippen LogP contribution in [0.15, 0.2) is 30.3 Å². The van der Waals surface area contributed by atoms with Gasteiger partial charge in [-0.2, -0.15) is 0 Å². The predicted octanol–water partition coefficient (Wildman–Crippen LogP) is 4.56. The summed E-state index contributed by atoms with van der Waals surface area (Å²) in [6, 6.07) is 8.93. The third kappa shape index (κ3) is 2.91. The van der Waals surface area contributed by atoms with Gasteiger partial charge in [0.2, 0.25) is 0 Å². The summed E-state index contributed by atoms with van der Waals surface area (Å²) in [7, 11) is 0. The minimum Gasteiger partial charge on any atom is -0.494 e. The highest BCUT2D eigenvalue weighted by molar-refractivity contribution is 6.30. The Morgan fingerprint density at radius 3 is 2.92 bits per heavy atom. The fourth-order valence-corrected chi connectivity index (χ4v) is 3.68. The van der Waals surface area contributed by atoms with E-state index in [1.165, 1.54) is 0 Å². The standard InChI is InChI=1S/C20H19ClO5/c1-3-24-14-4-5-15-17(8-14)26-19(11(2)18(15)22)16-7-13(21)6-12-9-23-10-25-20(12)16/h4-8,11,19H,3,9-10H2,1-2H3/t11-,19-/m0/s1. The lowest BCUT2D eigenvalue weighted by Crippen LogP contribution is -2.30. The summed E-state index contributed by atoms with van der Waals surface area (Å²) in [5.74, 6) is 1.54. The highest BCUT2D eigenvalue weighted by atomic mass is 35.5. The molecule has 0 bridgehead atoms. The fraction of sp³-hybridized carbons (Fsp3) is 0.350. The number of carbonyl (C=O) groups is 1. The Kier molecular flexibility index (Phi) is 4.51. The van der Waals surface area contributed by atoms with Crippen LogP contribution in [0.25, 0.3) is 0 Å². The average molecular weight is 375 g/mol. The lowest BCUT2D eigenvalue weighted by molar-refractivity contribution is -0.0189. The van der Waals surface area contributed by atoms with Crippen LogP contribution in [-0.2, 0) is 11.3 Å². The molecule has 0 saturated carbocycles. The second-order valence-electron chi connectivity index (χ2n) is 6.38. The van der Waals surface area contributed by atoms with Crippen molar-refractivity contribution in [3.8, 4) is 17.2 Å². The van der Waals surface area contributed by atoms with Gasteiger partial charge in [0, 0.05) is 22.2 Å². The Bertz CT molecular complexity index is 864. The molecule has 0 aromatic heterocycles. The number of carbonyl (C=O) groups excluding carboxylic acids is 1. The van der Waals surface area contributed by atoms with Crippen molar-refractivity contribution in [1.82, 2.24) is 0 Å². The van der Waals surface area contributed by atoms with Crippen LogP contribution in [0, 0.1) is 5.92 Å². The molecule has 6 heteroatoms. The van der Waals surface area contributed by atoms with Crippen LogP contribution < -0.4 is 14.2 Å². The summed E-state index contributed by atoms with van der Waals surface area (Å²) in [6.45, 7) is 4.90. The summed E-state index contributed by atoms with van der Waals surface area (Å²) < 4.78 is 22.8. The monoisotopic (exact) mass is 374 g/mol. The minimum atomic E-state index is -0.488. The molecule has 2 heterocycles. The molecular formula is C20H19ClO5. The van der Waals surface area contributed by atoms with Crippen LogP contribution in [0.4, 0.5) is 0 Å². The maximum Gasteiger partial charge on any atom is 0.189 e. The summed E-state index contributed by atoms with van der Waals surface area (Å²) >= 11 is 6.28. The first kappa shape index (κ1) is 17.2. The summed E-state index contributed by atoms with van der Waals surface area (Å²) in [6.07, 6.45) is -0.488. The maximum atomic E-state index is 12.9. The van der Waals surface area contributed by atoms with Crippen LogP contribution in [0.2, 0.25) is 5.02 Å². The van der Waals surface area contributed by atoms with Gasteiger partial charge in [0.25, 0.3) is 0 Å². The zero-order valence-corrected chi connectivity index (χ0v) is 15.3. The van der Waals surface area contributed by atoms with Crippen molar-refractivity contribution in [2.45, 2.75) is 26.6 Å². The van der Waals surface area contributed by atoms with Crippen molar-refractivity contribution < 1.29 is 23.7 Å². The minimum absolute atomic E-state index is 0.0279. The third-order valence-electron chi connectivity index (χ3n) is 4.66. The number of Topliss-reactive ketones (excluding diaryl/α,β-unsaturated/α-hetero) is 1. The van der Waals surface area contributed by atoms with Gasteiger partial charge in [-0.25, -0.2) is 0 Å². The number of ether oxygens (including phenoxy) is 4. The normalized spacial score (nSPS) is 21.3. The highest BCUT2D eigenvalue weighted by Crippen LogP contribution is 2.45. The molecule has 0 saturated heterocycles. The lowest BCUT2D eigenvalue weighted by Gasteiger charge is -2.33. The van der Waals surface area contributed by atoms with Gasteiger partial charge in [0.05, 0.1) is 24.7 Å². The van der Waals surface area contributed by atoms with Crippen molar-refractivity contribution in [1.29, 1.82) is 0 Å². The molecule has 0 N–H and O–H groups in total. The first-order chi connectivity index (χ1) is 12.6. The van der Waals surface area contributed by atoms with Crippen molar-refractivity contribution in [3.63, 3.8) is 0 Å². The van der Waals surface area contributed by atoms with Gasteiger partial charge in [-0.15, -0.1) is 0 Å². The van der Waals surface area contributed by atoms with Crippen LogP contribution in [0.3, 0.4) is 0 Å². The Morgan fingerprint density at radius 2 is 2.12 bits per heavy atom. The summed E-state index contributed by atoms with van der Waals surface area (Å²) in [4.78, 5) is 12.9. The molecule has 136 valence electrons. The van der Waals surface area contributed by atoms with Gasteiger partial charge in [0.1, 0.15) is 23.4 Å². The van der Waals surface area contributed by atoms with E-state index in [0.29, 0.717) is 41.0 Å². The van der Waals surface area contributed by atoms with Crippen LogP contribution in [0.5, 0.6) is 17.2 Å². The fourth-order valence-electron chi connectivity index (χ4n) is 3.43. The average Bonchev–Trinajstić information content (AvgIpc) is 2.64. The van der Waals surface area contributed by atoms with Gasteiger partial charge >= 0.3 is 0 Å². The third-order valence-corrected chi connectivity index (χ3v) is 4.88. The number of hydrogen-bond acceptors (Lipinski definition) is 5. The van der Waals surface area contributed by atoms with E-state index in [0.717, 1.165) is 11.1 Å². The molecule has 2 aliphatic heterocycles. The van der Waals surface area contributed by atoms with Gasteiger partial charge < -0.3 is 18.9 Å². The largest absolute Gasteiger partial charge is 0.494 e. The van der Waals surface area contributed by atoms with Crippen LogP contribution in [-0.4, -0.2) is 19.2 Å². The Labute approximate surface area is 156 Å². The van der Waals surface area contributed by atoms with E-state index in [1.54, 1.807) is 24.3 Å². The molecule has 2 aromatic carbocycles. The van der Waals surface area contributed by atoms with E-state index in [9.17, 15) is 4.79 Å². The van der Waals surface area contributed by atoms with Crippen molar-refractivity contribution in [2.75, 3.05) is 13.4 Å². The van der Waals surface area contributed by atoms with E-state index in [-0.39, 0.29) is 18.5 Å². The molecule has 0 aliphatic carbocycles. The first-order valence-corrected chi connectivity index (χ1v) is 8.97.